The number of phenolic OH excluding ortho intramolecular Hbond substituents is 2. The van der Waals surface area contributed by atoms with Crippen LogP contribution in [0.4, 0.5) is 0 Å². The van der Waals surface area contributed by atoms with E-state index in [1.165, 1.54) is 0 Å². The predicted octanol–water partition coefficient (Wildman–Crippen LogP) is 4.10. The van der Waals surface area contributed by atoms with Gasteiger partial charge in [-0.1, -0.05) is 0 Å². The highest BCUT2D eigenvalue weighted by atomic mass is 16.3. The van der Waals surface area contributed by atoms with Crippen LogP contribution in [0.25, 0.3) is 22.3 Å². The van der Waals surface area contributed by atoms with Crippen molar-refractivity contribution in [3.05, 3.63) is 54.1 Å². The maximum absolute atomic E-state index is 9.53. The van der Waals surface area contributed by atoms with E-state index in [0.29, 0.717) is 11.3 Å². The Morgan fingerprint density at radius 2 is 1.53 bits per heavy atom. The van der Waals surface area contributed by atoms with Gasteiger partial charge in [-0.2, -0.15) is 0 Å². The number of fused-ring (bicyclic) bond motifs is 1. The van der Waals surface area contributed by atoms with Gasteiger partial charge in [0.1, 0.15) is 11.5 Å². The smallest absolute Gasteiger partial charge is 0.364 e. The third-order valence-electron chi connectivity index (χ3n) is 3.11. The van der Waals surface area contributed by atoms with Gasteiger partial charge in [0.05, 0.1) is 17.0 Å². The first-order valence-electron chi connectivity index (χ1n) is 5.99. The summed E-state index contributed by atoms with van der Waals surface area (Å²) in [4.78, 5) is 0. The van der Waals surface area contributed by atoms with Crippen molar-refractivity contribution in [1.82, 2.24) is 0 Å². The molecule has 3 rings (SSSR count). The second-order valence-corrected chi connectivity index (χ2v) is 4.52. The number of rotatable bonds is 1. The van der Waals surface area contributed by atoms with E-state index >= 15 is 0 Å². The minimum Gasteiger partial charge on any atom is -0.508 e. The minimum atomic E-state index is 0.179. The van der Waals surface area contributed by atoms with Crippen LogP contribution in [-0.4, -0.2) is 10.2 Å². The van der Waals surface area contributed by atoms with Gasteiger partial charge in [-0.15, -0.1) is 0 Å². The van der Waals surface area contributed by atoms with Crippen LogP contribution in [-0.2, 0) is 0 Å². The molecule has 0 radical (unpaired) electrons. The molecule has 1 aromatic heterocycles. The molecular formula is C16H13O3+. The van der Waals surface area contributed by atoms with E-state index in [0.717, 1.165) is 16.5 Å². The summed E-state index contributed by atoms with van der Waals surface area (Å²) >= 11 is 0. The SMILES string of the molecule is Cc1cc(-c2ccc(O)cc2)[o+]c2cc(O)ccc12. The zero-order valence-corrected chi connectivity index (χ0v) is 10.4. The number of hydrogen-bond donors (Lipinski definition) is 2. The van der Waals surface area contributed by atoms with Gasteiger partial charge in [-0.05, 0) is 48.9 Å². The van der Waals surface area contributed by atoms with Gasteiger partial charge in [-0.25, -0.2) is 4.42 Å². The predicted molar refractivity (Wildman–Crippen MR) is 74.1 cm³/mol. The molecule has 2 aromatic carbocycles. The van der Waals surface area contributed by atoms with Crippen molar-refractivity contribution in [2.75, 3.05) is 0 Å². The number of aromatic hydroxyl groups is 2. The highest BCUT2D eigenvalue weighted by molar-refractivity contribution is 5.83. The summed E-state index contributed by atoms with van der Waals surface area (Å²) in [6, 6.07) is 13.9. The van der Waals surface area contributed by atoms with Crippen molar-refractivity contribution < 1.29 is 14.6 Å². The lowest BCUT2D eigenvalue weighted by Crippen LogP contribution is -1.83. The molecule has 0 unspecified atom stereocenters. The van der Waals surface area contributed by atoms with Crippen LogP contribution in [0, 0.1) is 6.92 Å². The molecule has 0 amide bonds. The lowest BCUT2D eigenvalue weighted by atomic mass is 10.1. The Morgan fingerprint density at radius 1 is 0.842 bits per heavy atom. The standard InChI is InChI=1S/C16H12O3/c1-10-8-15(11-2-4-12(17)5-3-11)19-16-9-13(18)6-7-14(10)16/h2-9H,1H3,(H-,17,18)/p+1. The maximum Gasteiger partial charge on any atom is 0.364 e. The summed E-state index contributed by atoms with van der Waals surface area (Å²) in [5.41, 5.74) is 2.60. The van der Waals surface area contributed by atoms with Crippen molar-refractivity contribution in [1.29, 1.82) is 0 Å². The summed E-state index contributed by atoms with van der Waals surface area (Å²) in [6.07, 6.45) is 0. The molecule has 3 heteroatoms. The van der Waals surface area contributed by atoms with E-state index in [1.54, 1.807) is 36.4 Å². The average Bonchev–Trinajstić information content (AvgIpc) is 2.38. The largest absolute Gasteiger partial charge is 0.508 e. The molecule has 0 fully saturated rings. The molecule has 0 aliphatic carbocycles. The van der Waals surface area contributed by atoms with Crippen LogP contribution in [0.2, 0.25) is 0 Å². The van der Waals surface area contributed by atoms with Gasteiger partial charge in [-0.3, -0.25) is 0 Å². The number of hydrogen-bond acceptors (Lipinski definition) is 2. The van der Waals surface area contributed by atoms with Gasteiger partial charge >= 0.3 is 11.3 Å². The Bertz CT molecular complexity index is 746. The molecule has 94 valence electrons. The van der Waals surface area contributed by atoms with Crippen LogP contribution < -0.4 is 0 Å². The van der Waals surface area contributed by atoms with Gasteiger partial charge in [0.15, 0.2) is 0 Å². The van der Waals surface area contributed by atoms with Crippen LogP contribution in [0.1, 0.15) is 5.56 Å². The molecule has 3 aromatic rings. The molecule has 0 atom stereocenters. The lowest BCUT2D eigenvalue weighted by molar-refractivity contribution is 0.474. The zero-order valence-electron chi connectivity index (χ0n) is 10.4. The van der Waals surface area contributed by atoms with E-state index in [2.05, 4.69) is 0 Å². The first-order chi connectivity index (χ1) is 9.13. The molecule has 3 nitrogen and oxygen atoms in total. The molecular weight excluding hydrogens is 240 g/mol. The Balaban J connectivity index is 2.22. The van der Waals surface area contributed by atoms with E-state index in [1.807, 2.05) is 19.1 Å². The van der Waals surface area contributed by atoms with Gasteiger partial charge in [0.2, 0.25) is 0 Å². The van der Waals surface area contributed by atoms with Crippen LogP contribution in [0.15, 0.2) is 52.9 Å². The zero-order chi connectivity index (χ0) is 13.4. The van der Waals surface area contributed by atoms with Crippen molar-refractivity contribution in [2.24, 2.45) is 0 Å². The molecule has 0 bridgehead atoms. The van der Waals surface area contributed by atoms with Gasteiger partial charge in [0, 0.05) is 6.07 Å². The van der Waals surface area contributed by atoms with Crippen molar-refractivity contribution in [3.63, 3.8) is 0 Å². The van der Waals surface area contributed by atoms with Crippen LogP contribution >= 0.6 is 0 Å². The molecule has 1 heterocycles. The third kappa shape index (κ3) is 2.10. The first-order valence-corrected chi connectivity index (χ1v) is 5.99. The Hall–Kier alpha value is -2.55. The highest BCUT2D eigenvalue weighted by Crippen LogP contribution is 2.30. The van der Waals surface area contributed by atoms with E-state index < -0.39 is 0 Å². The topological polar surface area (TPSA) is 51.8 Å². The molecule has 0 spiro atoms. The van der Waals surface area contributed by atoms with Crippen molar-refractivity contribution >= 4 is 11.0 Å². The fourth-order valence-corrected chi connectivity index (χ4v) is 2.11. The Labute approximate surface area is 110 Å². The molecule has 2 N–H and O–H groups in total. The summed E-state index contributed by atoms with van der Waals surface area (Å²) in [5.74, 6) is 1.10. The van der Waals surface area contributed by atoms with Crippen molar-refractivity contribution in [2.45, 2.75) is 6.92 Å². The summed E-state index contributed by atoms with van der Waals surface area (Å²) < 4.78 is 5.81. The lowest BCUT2D eigenvalue weighted by Gasteiger charge is -1.98. The molecule has 0 saturated heterocycles. The fourth-order valence-electron chi connectivity index (χ4n) is 2.11. The molecule has 0 aliphatic rings. The Kier molecular flexibility index (Phi) is 2.60. The minimum absolute atomic E-state index is 0.179. The number of phenols is 2. The molecule has 0 aliphatic heterocycles. The number of benzene rings is 2. The summed E-state index contributed by atoms with van der Waals surface area (Å²) in [5, 5.41) is 19.8. The normalized spacial score (nSPS) is 10.8. The Morgan fingerprint density at radius 3 is 2.26 bits per heavy atom. The third-order valence-corrected chi connectivity index (χ3v) is 3.11. The van der Waals surface area contributed by atoms with Crippen molar-refractivity contribution in [3.8, 4) is 22.8 Å². The second-order valence-electron chi connectivity index (χ2n) is 4.52. The van der Waals surface area contributed by atoms with Crippen LogP contribution in [0.3, 0.4) is 0 Å². The second kappa shape index (κ2) is 4.28. The summed E-state index contributed by atoms with van der Waals surface area (Å²) in [7, 11) is 0. The van der Waals surface area contributed by atoms with Crippen LogP contribution in [0.5, 0.6) is 11.5 Å². The van der Waals surface area contributed by atoms with E-state index in [4.69, 9.17) is 4.42 Å². The molecule has 19 heavy (non-hydrogen) atoms. The van der Waals surface area contributed by atoms with E-state index in [-0.39, 0.29) is 11.5 Å². The maximum atomic E-state index is 9.53. The van der Waals surface area contributed by atoms with Gasteiger partial charge in [0.25, 0.3) is 0 Å². The quantitative estimate of drug-likeness (QED) is 0.642. The average molecular weight is 253 g/mol. The number of aryl methyl sites for hydroxylation is 1. The highest BCUT2D eigenvalue weighted by Gasteiger charge is 2.17. The summed E-state index contributed by atoms with van der Waals surface area (Å²) in [6.45, 7) is 2.00. The molecule has 0 saturated carbocycles. The first kappa shape index (κ1) is 11.5. The monoisotopic (exact) mass is 253 g/mol. The van der Waals surface area contributed by atoms with E-state index in [9.17, 15) is 10.2 Å². The van der Waals surface area contributed by atoms with Gasteiger partial charge < -0.3 is 10.2 Å². The fraction of sp³-hybridized carbons (Fsp3) is 0.0625.